The maximum Gasteiger partial charge on any atom is 0.254 e. The van der Waals surface area contributed by atoms with Crippen molar-refractivity contribution in [2.75, 3.05) is 13.2 Å². The summed E-state index contributed by atoms with van der Waals surface area (Å²) in [7, 11) is 0. The van der Waals surface area contributed by atoms with Gasteiger partial charge in [0.1, 0.15) is 0 Å². The van der Waals surface area contributed by atoms with Gasteiger partial charge in [0.25, 0.3) is 11.9 Å². The fourth-order valence-electron chi connectivity index (χ4n) is 3.93. The summed E-state index contributed by atoms with van der Waals surface area (Å²) in [6.45, 7) is 1.88. The van der Waals surface area contributed by atoms with Crippen LogP contribution >= 0.6 is 0 Å². The number of hydrogen-bond donors (Lipinski definition) is 3. The van der Waals surface area contributed by atoms with E-state index in [-0.39, 0.29) is 25.2 Å². The van der Waals surface area contributed by atoms with E-state index in [1.807, 2.05) is 31.2 Å². The maximum atomic E-state index is 12.6. The second-order valence-electron chi connectivity index (χ2n) is 7.85. The van der Waals surface area contributed by atoms with Crippen molar-refractivity contribution >= 4 is 16.8 Å². The minimum absolute atomic E-state index is 0.0195. The summed E-state index contributed by atoms with van der Waals surface area (Å²) in [5.41, 5.74) is 1.78. The second kappa shape index (κ2) is 7.88. The van der Waals surface area contributed by atoms with Crippen LogP contribution in [0.25, 0.3) is 16.9 Å². The molecule has 1 saturated carbocycles. The predicted molar refractivity (Wildman–Crippen MR) is 108 cm³/mol. The lowest BCUT2D eigenvalue weighted by Crippen LogP contribution is -2.43. The Morgan fingerprint density at radius 2 is 1.83 bits per heavy atom. The van der Waals surface area contributed by atoms with Crippen LogP contribution in [0.5, 0.6) is 0 Å². The number of aryl methyl sites for hydroxylation is 1. The van der Waals surface area contributed by atoms with E-state index in [0.29, 0.717) is 24.4 Å². The third kappa shape index (κ3) is 3.73. The molecule has 0 unspecified atom stereocenters. The Morgan fingerprint density at radius 3 is 2.48 bits per heavy atom. The lowest BCUT2D eigenvalue weighted by Gasteiger charge is -2.37. The van der Waals surface area contributed by atoms with Gasteiger partial charge in [0, 0.05) is 29.2 Å². The molecule has 2 aromatic heterocycles. The minimum Gasteiger partial charge on any atom is -0.396 e. The number of nitrogens with one attached hydrogen (secondary N) is 1. The largest absolute Gasteiger partial charge is 0.396 e. The zero-order chi connectivity index (χ0) is 20.4. The van der Waals surface area contributed by atoms with E-state index in [0.717, 1.165) is 29.4 Å². The first-order chi connectivity index (χ1) is 14.0. The topological polar surface area (TPSA) is 113 Å². The van der Waals surface area contributed by atoms with Crippen molar-refractivity contribution in [3.8, 4) is 5.95 Å². The van der Waals surface area contributed by atoms with Crippen molar-refractivity contribution in [3.05, 3.63) is 47.9 Å². The molecule has 0 atom stereocenters. The van der Waals surface area contributed by atoms with E-state index in [9.17, 15) is 15.0 Å². The molecule has 2 heterocycles. The highest BCUT2D eigenvalue weighted by Gasteiger charge is 2.34. The number of para-hydroxylation sites is 1. The van der Waals surface area contributed by atoms with E-state index in [2.05, 4.69) is 20.4 Å². The standard InChI is InChI=1S/C21H25N5O3/c1-14-17-4-2-3-5-18(17)26(25-14)20-22-10-15(11-23-20)19(29)24-16-6-8-21(12-27,13-28)9-7-16/h2-5,10-11,16,27-28H,6-9,12-13H2,1H3,(H,24,29). The first-order valence-electron chi connectivity index (χ1n) is 9.85. The van der Waals surface area contributed by atoms with Gasteiger partial charge in [-0.15, -0.1) is 0 Å². The molecule has 8 heteroatoms. The van der Waals surface area contributed by atoms with Crippen LogP contribution in [0.15, 0.2) is 36.7 Å². The van der Waals surface area contributed by atoms with E-state index >= 15 is 0 Å². The normalized spacial score (nSPS) is 16.8. The van der Waals surface area contributed by atoms with Crippen molar-refractivity contribution in [1.82, 2.24) is 25.1 Å². The molecule has 1 aromatic carbocycles. The van der Waals surface area contributed by atoms with Gasteiger partial charge < -0.3 is 15.5 Å². The van der Waals surface area contributed by atoms with Gasteiger partial charge in [0.15, 0.2) is 0 Å². The van der Waals surface area contributed by atoms with E-state index in [1.54, 1.807) is 4.68 Å². The molecule has 0 saturated heterocycles. The van der Waals surface area contributed by atoms with Crippen LogP contribution in [0.1, 0.15) is 41.7 Å². The number of fused-ring (bicyclic) bond motifs is 1. The molecule has 152 valence electrons. The first-order valence-corrected chi connectivity index (χ1v) is 9.85. The predicted octanol–water partition coefficient (Wildman–Crippen LogP) is 1.77. The summed E-state index contributed by atoms with van der Waals surface area (Å²) >= 11 is 0. The van der Waals surface area contributed by atoms with Gasteiger partial charge in [-0.05, 0) is 38.7 Å². The zero-order valence-corrected chi connectivity index (χ0v) is 16.4. The molecule has 8 nitrogen and oxygen atoms in total. The number of carbonyl (C=O) groups is 1. The van der Waals surface area contributed by atoms with Crippen molar-refractivity contribution in [1.29, 1.82) is 0 Å². The summed E-state index contributed by atoms with van der Waals surface area (Å²) < 4.78 is 1.68. The molecule has 4 rings (SSSR count). The van der Waals surface area contributed by atoms with Gasteiger partial charge in [-0.1, -0.05) is 18.2 Å². The van der Waals surface area contributed by atoms with Crippen LogP contribution < -0.4 is 5.32 Å². The van der Waals surface area contributed by atoms with Gasteiger partial charge in [-0.2, -0.15) is 9.78 Å². The molecule has 0 radical (unpaired) electrons. The van der Waals surface area contributed by atoms with Gasteiger partial charge in [-0.25, -0.2) is 9.97 Å². The number of hydrogen-bond acceptors (Lipinski definition) is 6. The highest BCUT2D eigenvalue weighted by Crippen LogP contribution is 2.35. The van der Waals surface area contributed by atoms with E-state index in [1.165, 1.54) is 12.4 Å². The van der Waals surface area contributed by atoms with Gasteiger partial charge in [0.2, 0.25) is 0 Å². The van der Waals surface area contributed by atoms with Crippen LogP contribution in [-0.4, -0.2) is 55.1 Å². The Kier molecular flexibility index (Phi) is 5.29. The molecule has 1 amide bonds. The molecular weight excluding hydrogens is 370 g/mol. The highest BCUT2D eigenvalue weighted by atomic mass is 16.3. The fraction of sp³-hybridized carbons (Fsp3) is 0.429. The number of aliphatic hydroxyl groups is 2. The fourth-order valence-corrected chi connectivity index (χ4v) is 3.93. The zero-order valence-electron chi connectivity index (χ0n) is 16.4. The molecule has 1 aliphatic carbocycles. The van der Waals surface area contributed by atoms with Crippen LogP contribution in [-0.2, 0) is 0 Å². The molecule has 1 fully saturated rings. The SMILES string of the molecule is Cc1nn(-c2ncc(C(=O)NC3CCC(CO)(CO)CC3)cn2)c2ccccc12. The minimum atomic E-state index is -0.420. The third-order valence-electron chi connectivity index (χ3n) is 5.91. The third-order valence-corrected chi connectivity index (χ3v) is 5.91. The van der Waals surface area contributed by atoms with Gasteiger partial charge in [0.05, 0.1) is 30.0 Å². The van der Waals surface area contributed by atoms with Crippen molar-refractivity contribution in [3.63, 3.8) is 0 Å². The number of benzene rings is 1. The van der Waals surface area contributed by atoms with Crippen LogP contribution in [0.2, 0.25) is 0 Å². The molecular formula is C21H25N5O3. The summed E-state index contributed by atoms with van der Waals surface area (Å²) in [5.74, 6) is 0.197. The molecule has 0 spiro atoms. The number of amides is 1. The molecule has 29 heavy (non-hydrogen) atoms. The Balaban J connectivity index is 1.45. The smallest absolute Gasteiger partial charge is 0.254 e. The van der Waals surface area contributed by atoms with Crippen molar-refractivity contribution in [2.24, 2.45) is 5.41 Å². The monoisotopic (exact) mass is 395 g/mol. The number of rotatable bonds is 5. The quantitative estimate of drug-likeness (QED) is 0.607. The number of aromatic nitrogens is 4. The Hall–Kier alpha value is -2.84. The molecule has 1 aliphatic rings. The number of nitrogens with zero attached hydrogens (tertiary/aromatic N) is 4. The molecule has 3 N–H and O–H groups in total. The highest BCUT2D eigenvalue weighted by molar-refractivity contribution is 5.93. The van der Waals surface area contributed by atoms with Crippen LogP contribution in [0.3, 0.4) is 0 Å². The van der Waals surface area contributed by atoms with E-state index < -0.39 is 5.41 Å². The van der Waals surface area contributed by atoms with E-state index in [4.69, 9.17) is 0 Å². The lowest BCUT2D eigenvalue weighted by molar-refractivity contribution is 0.0164. The molecule has 3 aromatic rings. The van der Waals surface area contributed by atoms with Gasteiger partial charge in [-0.3, -0.25) is 4.79 Å². The maximum absolute atomic E-state index is 12.6. The van der Waals surface area contributed by atoms with Crippen molar-refractivity contribution in [2.45, 2.75) is 38.6 Å². The average Bonchev–Trinajstić information content (AvgIpc) is 3.11. The Labute approximate surface area is 168 Å². The summed E-state index contributed by atoms with van der Waals surface area (Å²) in [6.07, 6.45) is 5.85. The molecule has 0 bridgehead atoms. The number of carbonyl (C=O) groups excluding carboxylic acids is 1. The Bertz CT molecular complexity index is 1000. The summed E-state index contributed by atoms with van der Waals surface area (Å²) in [4.78, 5) is 21.2. The van der Waals surface area contributed by atoms with Gasteiger partial charge >= 0.3 is 0 Å². The van der Waals surface area contributed by atoms with Crippen LogP contribution in [0, 0.1) is 12.3 Å². The lowest BCUT2D eigenvalue weighted by atomic mass is 9.73. The average molecular weight is 395 g/mol. The second-order valence-corrected chi connectivity index (χ2v) is 7.85. The summed E-state index contributed by atoms with van der Waals surface area (Å²) in [6, 6.07) is 7.88. The number of aliphatic hydroxyl groups excluding tert-OH is 2. The summed E-state index contributed by atoms with van der Waals surface area (Å²) in [5, 5.41) is 27.6. The van der Waals surface area contributed by atoms with Crippen LogP contribution in [0.4, 0.5) is 0 Å². The first kappa shape index (κ1) is 19.5. The Morgan fingerprint density at radius 1 is 1.17 bits per heavy atom. The van der Waals surface area contributed by atoms with Crippen molar-refractivity contribution < 1.29 is 15.0 Å². The molecule has 0 aliphatic heterocycles.